The number of carbonyl (C=O) groups is 1. The number of hydrogen-bond acceptors (Lipinski definition) is 2. The first-order valence-electron chi connectivity index (χ1n) is 5.45. The zero-order valence-corrected chi connectivity index (χ0v) is 10.5. The summed E-state index contributed by atoms with van der Waals surface area (Å²) in [6, 6.07) is 12.8. The molecule has 2 aromatic carbocycles. The number of halogens is 2. The molecule has 0 aliphatic rings. The van der Waals surface area contributed by atoms with E-state index < -0.39 is 17.3 Å². The van der Waals surface area contributed by atoms with Crippen LogP contribution in [0.1, 0.15) is 0 Å². The molecule has 0 aliphatic heterocycles. The van der Waals surface area contributed by atoms with Crippen LogP contribution >= 0.6 is 11.8 Å². The first-order chi connectivity index (χ1) is 9.06. The van der Waals surface area contributed by atoms with E-state index in [2.05, 4.69) is 0 Å². The number of benzene rings is 2. The third kappa shape index (κ3) is 3.54. The van der Waals surface area contributed by atoms with Crippen LogP contribution in [0.5, 0.6) is 0 Å². The molecule has 0 saturated carbocycles. The van der Waals surface area contributed by atoms with E-state index in [0.29, 0.717) is 11.0 Å². The van der Waals surface area contributed by atoms with E-state index in [1.807, 2.05) is 30.3 Å². The molecule has 0 unspecified atom stereocenters. The summed E-state index contributed by atoms with van der Waals surface area (Å²) in [6.45, 7) is 0. The van der Waals surface area contributed by atoms with Crippen molar-refractivity contribution in [3.8, 4) is 0 Å². The molecule has 2 rings (SSSR count). The largest absolute Gasteiger partial charge is 0.478 e. The second-order valence-electron chi connectivity index (χ2n) is 3.80. The third-order valence-corrected chi connectivity index (χ3v) is 3.46. The number of allylic oxidation sites excluding steroid dienone is 1. The molecule has 5 heteroatoms. The van der Waals surface area contributed by atoms with Crippen LogP contribution in [-0.4, -0.2) is 17.5 Å². The molecule has 0 aromatic heterocycles. The van der Waals surface area contributed by atoms with Gasteiger partial charge in [-0.15, -0.1) is 0 Å². The standard InChI is InChI=1S/C14H10F2O2S/c15-14(16)12(8-13(17)18)19-11-6-5-9-3-1-2-4-10(9)7-11/h1-8,14H,(H,17,18)/b12-8-. The molecule has 2 aromatic rings. The number of carboxylic acids is 1. The van der Waals surface area contributed by atoms with Crippen LogP contribution in [0.4, 0.5) is 8.78 Å². The molecule has 0 saturated heterocycles. The Bertz CT molecular complexity index is 638. The molecule has 98 valence electrons. The van der Waals surface area contributed by atoms with Gasteiger partial charge in [0.25, 0.3) is 6.43 Å². The Morgan fingerprint density at radius 2 is 1.84 bits per heavy atom. The summed E-state index contributed by atoms with van der Waals surface area (Å²) in [7, 11) is 0. The van der Waals surface area contributed by atoms with Gasteiger partial charge in [-0.05, 0) is 22.9 Å². The van der Waals surface area contributed by atoms with Crippen LogP contribution in [0.2, 0.25) is 0 Å². The van der Waals surface area contributed by atoms with Crippen molar-refractivity contribution >= 4 is 28.5 Å². The fraction of sp³-hybridized carbons (Fsp3) is 0.0714. The maximum atomic E-state index is 12.7. The van der Waals surface area contributed by atoms with Crippen molar-refractivity contribution in [1.29, 1.82) is 0 Å². The molecule has 19 heavy (non-hydrogen) atoms. The Balaban J connectivity index is 2.31. The van der Waals surface area contributed by atoms with Crippen molar-refractivity contribution in [3.63, 3.8) is 0 Å². The van der Waals surface area contributed by atoms with Crippen molar-refractivity contribution in [1.82, 2.24) is 0 Å². The normalized spacial score (nSPS) is 12.1. The summed E-state index contributed by atoms with van der Waals surface area (Å²) in [5.74, 6) is -1.37. The predicted octanol–water partition coefficient (Wildman–Crippen LogP) is 4.17. The molecule has 0 fully saturated rings. The van der Waals surface area contributed by atoms with Crippen molar-refractivity contribution in [3.05, 3.63) is 53.4 Å². The van der Waals surface area contributed by atoms with Gasteiger partial charge in [-0.1, -0.05) is 42.1 Å². The quantitative estimate of drug-likeness (QED) is 0.674. The van der Waals surface area contributed by atoms with Gasteiger partial charge >= 0.3 is 5.97 Å². The lowest BCUT2D eigenvalue weighted by Gasteiger charge is -2.06. The highest BCUT2D eigenvalue weighted by Gasteiger charge is 2.14. The summed E-state index contributed by atoms with van der Waals surface area (Å²) in [5, 5.41) is 10.5. The number of thioether (sulfide) groups is 1. The molecule has 0 amide bonds. The first kappa shape index (κ1) is 13.5. The molecule has 0 atom stereocenters. The van der Waals surface area contributed by atoms with Gasteiger partial charge in [0.05, 0.1) is 4.91 Å². The Morgan fingerprint density at radius 1 is 1.16 bits per heavy atom. The summed E-state index contributed by atoms with van der Waals surface area (Å²) in [4.78, 5) is 10.6. The molecular weight excluding hydrogens is 270 g/mol. The number of alkyl halides is 2. The highest BCUT2D eigenvalue weighted by atomic mass is 32.2. The Kier molecular flexibility index (Phi) is 4.16. The fourth-order valence-corrected chi connectivity index (χ4v) is 2.47. The summed E-state index contributed by atoms with van der Waals surface area (Å²) < 4.78 is 25.4. The minimum atomic E-state index is -2.80. The summed E-state index contributed by atoms with van der Waals surface area (Å²) >= 11 is 0.770. The summed E-state index contributed by atoms with van der Waals surface area (Å²) in [5.41, 5.74) is 0. The van der Waals surface area contributed by atoms with Crippen LogP contribution in [0.15, 0.2) is 58.3 Å². The number of fused-ring (bicyclic) bond motifs is 1. The lowest BCUT2D eigenvalue weighted by atomic mass is 10.1. The zero-order chi connectivity index (χ0) is 13.8. The van der Waals surface area contributed by atoms with Gasteiger partial charge in [-0.25, -0.2) is 13.6 Å². The minimum Gasteiger partial charge on any atom is -0.478 e. The third-order valence-electron chi connectivity index (χ3n) is 2.44. The Hall–Kier alpha value is -1.88. The van der Waals surface area contributed by atoms with Gasteiger partial charge in [0, 0.05) is 11.0 Å². The maximum absolute atomic E-state index is 12.7. The monoisotopic (exact) mass is 280 g/mol. The average molecular weight is 280 g/mol. The van der Waals surface area contributed by atoms with Gasteiger partial charge in [0.1, 0.15) is 0 Å². The number of rotatable bonds is 4. The highest BCUT2D eigenvalue weighted by molar-refractivity contribution is 8.03. The van der Waals surface area contributed by atoms with E-state index in [1.165, 1.54) is 0 Å². The second-order valence-corrected chi connectivity index (χ2v) is 4.94. The molecule has 0 heterocycles. The molecular formula is C14H10F2O2S. The van der Waals surface area contributed by atoms with Crippen LogP contribution in [-0.2, 0) is 4.79 Å². The van der Waals surface area contributed by atoms with Gasteiger partial charge in [-0.3, -0.25) is 0 Å². The minimum absolute atomic E-state index is 0.470. The zero-order valence-electron chi connectivity index (χ0n) is 9.72. The van der Waals surface area contributed by atoms with Gasteiger partial charge < -0.3 is 5.11 Å². The van der Waals surface area contributed by atoms with E-state index in [-0.39, 0.29) is 0 Å². The maximum Gasteiger partial charge on any atom is 0.329 e. The van der Waals surface area contributed by atoms with Crippen LogP contribution in [0.3, 0.4) is 0 Å². The van der Waals surface area contributed by atoms with Crippen molar-refractivity contribution < 1.29 is 18.7 Å². The number of hydrogen-bond donors (Lipinski definition) is 1. The van der Waals surface area contributed by atoms with Crippen molar-refractivity contribution in [2.24, 2.45) is 0 Å². The Labute approximate surface area is 112 Å². The van der Waals surface area contributed by atoms with Gasteiger partial charge in [-0.2, -0.15) is 0 Å². The van der Waals surface area contributed by atoms with Gasteiger partial charge in [0.15, 0.2) is 0 Å². The molecule has 0 aliphatic carbocycles. The average Bonchev–Trinajstić information content (AvgIpc) is 2.37. The topological polar surface area (TPSA) is 37.3 Å². The highest BCUT2D eigenvalue weighted by Crippen LogP contribution is 2.32. The fourth-order valence-electron chi connectivity index (χ4n) is 1.63. The van der Waals surface area contributed by atoms with Crippen molar-refractivity contribution in [2.75, 3.05) is 0 Å². The summed E-state index contributed by atoms with van der Waals surface area (Å²) in [6.07, 6.45) is -2.25. The van der Waals surface area contributed by atoms with E-state index in [9.17, 15) is 13.6 Å². The molecule has 0 spiro atoms. The smallest absolute Gasteiger partial charge is 0.329 e. The van der Waals surface area contributed by atoms with Gasteiger partial charge in [0.2, 0.25) is 0 Å². The Morgan fingerprint density at radius 3 is 2.47 bits per heavy atom. The van der Waals surface area contributed by atoms with Crippen molar-refractivity contribution in [2.45, 2.75) is 11.3 Å². The SMILES string of the molecule is O=C(O)/C=C(\Sc1ccc2ccccc2c1)C(F)F. The van der Waals surface area contributed by atoms with E-state index in [4.69, 9.17) is 5.11 Å². The lowest BCUT2D eigenvalue weighted by molar-refractivity contribution is -0.131. The number of carboxylic acid groups (broad SMARTS) is 1. The van der Waals surface area contributed by atoms with E-state index >= 15 is 0 Å². The van der Waals surface area contributed by atoms with E-state index in [0.717, 1.165) is 22.5 Å². The predicted molar refractivity (Wildman–Crippen MR) is 71.5 cm³/mol. The van der Waals surface area contributed by atoms with E-state index in [1.54, 1.807) is 12.1 Å². The van der Waals surface area contributed by atoms with Crippen LogP contribution in [0.25, 0.3) is 10.8 Å². The molecule has 0 radical (unpaired) electrons. The van der Waals surface area contributed by atoms with Crippen LogP contribution in [0, 0.1) is 0 Å². The first-order valence-corrected chi connectivity index (χ1v) is 6.27. The molecule has 1 N–H and O–H groups in total. The molecule has 2 nitrogen and oxygen atoms in total. The lowest BCUT2D eigenvalue weighted by Crippen LogP contribution is -1.98. The second kappa shape index (κ2) is 5.84. The molecule has 0 bridgehead atoms. The van der Waals surface area contributed by atoms with Crippen LogP contribution < -0.4 is 0 Å². The number of aliphatic carboxylic acids is 1.